The Hall–Kier alpha value is -1.79. The van der Waals surface area contributed by atoms with E-state index in [9.17, 15) is 110 Å². The standard InChI is InChI=1S/C23H23F25O/c24-12(25,10-8-6-4-2-1-3-5-7-9-11-49)13(26,27)14(28,29)15(30,31)16(32,33)17(34,35)18(36,37)19(38,39)20(40,41)21(42,43)22(44,45)23(46,47)48/h49H,1-11H2. The first-order valence-corrected chi connectivity index (χ1v) is 13.1. The van der Waals surface area contributed by atoms with Gasteiger partial charge in [-0.3, -0.25) is 0 Å². The van der Waals surface area contributed by atoms with Crippen molar-refractivity contribution in [2.75, 3.05) is 6.61 Å². The molecule has 0 bridgehead atoms. The molecule has 0 aromatic carbocycles. The van der Waals surface area contributed by atoms with Crippen LogP contribution in [0.5, 0.6) is 0 Å². The highest BCUT2D eigenvalue weighted by molar-refractivity contribution is 5.19. The zero-order valence-corrected chi connectivity index (χ0v) is 23.7. The van der Waals surface area contributed by atoms with Gasteiger partial charge in [0.05, 0.1) is 0 Å². The number of rotatable bonds is 21. The maximum atomic E-state index is 14.0. The van der Waals surface area contributed by atoms with Gasteiger partial charge < -0.3 is 5.11 Å². The molecule has 0 radical (unpaired) electrons. The minimum Gasteiger partial charge on any atom is -0.396 e. The molecule has 0 aliphatic rings. The zero-order chi connectivity index (χ0) is 39.8. The number of hydrogen-bond donors (Lipinski definition) is 1. The summed E-state index contributed by atoms with van der Waals surface area (Å²) in [6.45, 7) is -0.134. The van der Waals surface area contributed by atoms with Gasteiger partial charge in [-0.2, -0.15) is 110 Å². The highest BCUT2D eigenvalue weighted by Crippen LogP contribution is 2.67. The van der Waals surface area contributed by atoms with Crippen molar-refractivity contribution in [2.24, 2.45) is 0 Å². The van der Waals surface area contributed by atoms with Gasteiger partial charge >= 0.3 is 71.3 Å². The maximum Gasteiger partial charge on any atom is 0.460 e. The van der Waals surface area contributed by atoms with Crippen molar-refractivity contribution in [3.8, 4) is 0 Å². The van der Waals surface area contributed by atoms with Crippen molar-refractivity contribution in [3.63, 3.8) is 0 Å². The van der Waals surface area contributed by atoms with Gasteiger partial charge in [0.2, 0.25) is 0 Å². The summed E-state index contributed by atoms with van der Waals surface area (Å²) in [7, 11) is 0. The van der Waals surface area contributed by atoms with Crippen molar-refractivity contribution in [3.05, 3.63) is 0 Å². The second-order valence-electron chi connectivity index (χ2n) is 10.6. The van der Waals surface area contributed by atoms with E-state index >= 15 is 0 Å². The summed E-state index contributed by atoms with van der Waals surface area (Å²) in [4.78, 5) is 0. The molecule has 1 N–H and O–H groups in total. The van der Waals surface area contributed by atoms with E-state index in [-0.39, 0.29) is 19.4 Å². The highest BCUT2D eigenvalue weighted by Gasteiger charge is 2.99. The van der Waals surface area contributed by atoms with E-state index in [1.54, 1.807) is 0 Å². The van der Waals surface area contributed by atoms with Crippen LogP contribution in [0.25, 0.3) is 0 Å². The van der Waals surface area contributed by atoms with Crippen LogP contribution in [0.3, 0.4) is 0 Å². The van der Waals surface area contributed by atoms with Crippen LogP contribution in [-0.4, -0.2) is 83.0 Å². The summed E-state index contributed by atoms with van der Waals surface area (Å²) in [5.41, 5.74) is 0. The summed E-state index contributed by atoms with van der Waals surface area (Å²) in [6, 6.07) is 0. The molecular formula is C23H23F25O. The number of halogens is 25. The third-order valence-electron chi connectivity index (χ3n) is 7.01. The zero-order valence-electron chi connectivity index (χ0n) is 23.7. The van der Waals surface area contributed by atoms with E-state index in [1.807, 2.05) is 0 Å². The lowest BCUT2D eigenvalue weighted by molar-refractivity contribution is -0.482. The molecule has 0 saturated carbocycles. The summed E-state index contributed by atoms with van der Waals surface area (Å²) in [5, 5.41) is 8.59. The molecule has 0 amide bonds. The van der Waals surface area contributed by atoms with Gasteiger partial charge in [0, 0.05) is 13.0 Å². The van der Waals surface area contributed by atoms with Crippen LogP contribution in [0.2, 0.25) is 0 Å². The van der Waals surface area contributed by atoms with E-state index < -0.39 is 90.6 Å². The Bertz CT molecular complexity index is 1060. The molecule has 49 heavy (non-hydrogen) atoms. The molecule has 1 nitrogen and oxygen atoms in total. The number of alkyl halides is 25. The first-order valence-electron chi connectivity index (χ1n) is 13.1. The minimum atomic E-state index is -9.58. The molecular weight excluding hydrogens is 767 g/mol. The van der Waals surface area contributed by atoms with Gasteiger partial charge in [0.15, 0.2) is 0 Å². The Labute approximate surface area is 258 Å². The van der Waals surface area contributed by atoms with Crippen LogP contribution >= 0.6 is 0 Å². The predicted molar refractivity (Wildman–Crippen MR) is 114 cm³/mol. The van der Waals surface area contributed by atoms with E-state index in [4.69, 9.17) is 5.11 Å². The molecule has 0 aromatic rings. The Balaban J connectivity index is 6.49. The second-order valence-corrected chi connectivity index (χ2v) is 10.6. The van der Waals surface area contributed by atoms with Crippen molar-refractivity contribution in [1.82, 2.24) is 0 Å². The van der Waals surface area contributed by atoms with Crippen molar-refractivity contribution < 1.29 is 115 Å². The lowest BCUT2D eigenvalue weighted by Gasteiger charge is -2.45. The number of unbranched alkanes of at least 4 members (excludes halogenated alkanes) is 8. The summed E-state index contributed by atoms with van der Waals surface area (Å²) in [6.07, 6.45) is -10.4. The number of aliphatic hydroxyl groups excluding tert-OH is 1. The SMILES string of the molecule is OCCCCCCCCCCCC(F)(F)C(F)(F)C(F)(F)C(F)(F)C(F)(F)C(F)(F)C(F)(F)C(F)(F)C(F)(F)C(F)(F)C(F)(F)C(F)(F)F. The molecule has 0 spiro atoms. The molecule has 0 aromatic heterocycles. The van der Waals surface area contributed by atoms with E-state index in [2.05, 4.69) is 0 Å². The van der Waals surface area contributed by atoms with Crippen LogP contribution in [0, 0.1) is 0 Å². The average molecular weight is 790 g/mol. The summed E-state index contributed by atoms with van der Waals surface area (Å²) in [5.74, 6) is -97.8. The monoisotopic (exact) mass is 790 g/mol. The fourth-order valence-corrected chi connectivity index (χ4v) is 3.84. The normalized spacial score (nSPS) is 16.0. The summed E-state index contributed by atoms with van der Waals surface area (Å²) < 4.78 is 337. The molecule has 0 saturated heterocycles. The molecule has 296 valence electrons. The fraction of sp³-hybridized carbons (Fsp3) is 1.00. The van der Waals surface area contributed by atoms with Gasteiger partial charge in [0.1, 0.15) is 0 Å². The third-order valence-corrected chi connectivity index (χ3v) is 7.01. The van der Waals surface area contributed by atoms with E-state index in [1.165, 1.54) is 0 Å². The molecule has 0 heterocycles. The van der Waals surface area contributed by atoms with Crippen LogP contribution in [0.4, 0.5) is 110 Å². The fourth-order valence-electron chi connectivity index (χ4n) is 3.84. The Morgan fingerprint density at radius 2 is 0.449 bits per heavy atom. The second kappa shape index (κ2) is 14.3. The van der Waals surface area contributed by atoms with Crippen molar-refractivity contribution in [1.29, 1.82) is 0 Å². The first-order chi connectivity index (χ1) is 21.3. The third kappa shape index (κ3) is 7.44. The minimum absolute atomic E-state index is 0.134. The van der Waals surface area contributed by atoms with Gasteiger partial charge in [-0.05, 0) is 12.8 Å². The molecule has 0 fully saturated rings. The van der Waals surface area contributed by atoms with Crippen LogP contribution in [0.15, 0.2) is 0 Å². The molecule has 26 heteroatoms. The molecule has 0 atom stereocenters. The molecule has 0 aliphatic carbocycles. The Morgan fingerprint density at radius 3 is 0.694 bits per heavy atom. The van der Waals surface area contributed by atoms with Crippen molar-refractivity contribution >= 4 is 0 Å². The smallest absolute Gasteiger partial charge is 0.396 e. The molecule has 0 rings (SSSR count). The lowest BCUT2D eigenvalue weighted by Crippen LogP contribution is -2.78. The van der Waals surface area contributed by atoms with Crippen LogP contribution < -0.4 is 0 Å². The van der Waals surface area contributed by atoms with Crippen LogP contribution in [-0.2, 0) is 0 Å². The number of hydrogen-bond acceptors (Lipinski definition) is 1. The van der Waals surface area contributed by atoms with Gasteiger partial charge in [0.25, 0.3) is 0 Å². The Morgan fingerprint density at radius 1 is 0.245 bits per heavy atom. The van der Waals surface area contributed by atoms with Crippen molar-refractivity contribution in [2.45, 2.75) is 136 Å². The number of aliphatic hydroxyl groups is 1. The van der Waals surface area contributed by atoms with Crippen LogP contribution in [0.1, 0.15) is 64.2 Å². The first kappa shape index (κ1) is 47.2. The summed E-state index contributed by atoms with van der Waals surface area (Å²) >= 11 is 0. The van der Waals surface area contributed by atoms with Gasteiger partial charge in [-0.25, -0.2) is 0 Å². The topological polar surface area (TPSA) is 20.2 Å². The Kier molecular flexibility index (Phi) is 13.8. The quantitative estimate of drug-likeness (QED) is 0.0907. The van der Waals surface area contributed by atoms with E-state index in [0.717, 1.165) is 0 Å². The lowest BCUT2D eigenvalue weighted by atomic mass is 9.84. The van der Waals surface area contributed by atoms with Gasteiger partial charge in [-0.1, -0.05) is 44.9 Å². The maximum absolute atomic E-state index is 14.0. The predicted octanol–water partition coefficient (Wildman–Crippen LogP) is 11.4. The van der Waals surface area contributed by atoms with E-state index in [0.29, 0.717) is 32.1 Å². The molecule has 0 unspecified atom stereocenters. The highest BCUT2D eigenvalue weighted by atomic mass is 19.4. The average Bonchev–Trinajstić information content (AvgIpc) is 2.92. The molecule has 0 aliphatic heterocycles. The van der Waals surface area contributed by atoms with Gasteiger partial charge in [-0.15, -0.1) is 0 Å². The largest absolute Gasteiger partial charge is 0.460 e.